The average molecular weight is 369 g/mol. The molecule has 122 valence electrons. The first kappa shape index (κ1) is 18.0. The monoisotopic (exact) mass is 368 g/mol. The van der Waals surface area contributed by atoms with Crippen LogP contribution in [-0.2, 0) is 0 Å². The number of thioether (sulfide) groups is 1. The molecule has 0 radical (unpaired) electrons. The summed E-state index contributed by atoms with van der Waals surface area (Å²) < 4.78 is 13.5. The maximum atomic E-state index is 13.5. The summed E-state index contributed by atoms with van der Waals surface area (Å²) in [4.78, 5) is 1.19. The molecular formula is C17H18ClFN2S2. The Morgan fingerprint density at radius 2 is 1.91 bits per heavy atom. The lowest BCUT2D eigenvalue weighted by Crippen LogP contribution is -2.33. The number of thiocarbonyl (C=S) groups is 1. The van der Waals surface area contributed by atoms with Crippen LogP contribution in [0.4, 0.5) is 10.1 Å². The molecule has 23 heavy (non-hydrogen) atoms. The van der Waals surface area contributed by atoms with Crippen LogP contribution in [-0.4, -0.2) is 17.4 Å². The topological polar surface area (TPSA) is 24.1 Å². The zero-order valence-corrected chi connectivity index (χ0v) is 15.1. The number of nitrogens with one attached hydrogen (secondary N) is 2. The van der Waals surface area contributed by atoms with Crippen LogP contribution in [0.3, 0.4) is 0 Å². The number of rotatable bonds is 6. The summed E-state index contributed by atoms with van der Waals surface area (Å²) in [5, 5.41) is 7.17. The second kappa shape index (κ2) is 9.11. The molecular weight excluding hydrogens is 351 g/mol. The number of halogens is 2. The Bertz CT molecular complexity index is 649. The van der Waals surface area contributed by atoms with E-state index in [1.807, 2.05) is 24.3 Å². The summed E-state index contributed by atoms with van der Waals surface area (Å²) in [5.74, 6) is 1.05. The predicted octanol–water partition coefficient (Wildman–Crippen LogP) is 5.19. The molecule has 0 heterocycles. The van der Waals surface area contributed by atoms with Gasteiger partial charge in [0.2, 0.25) is 0 Å². The van der Waals surface area contributed by atoms with Crippen LogP contribution in [0.5, 0.6) is 0 Å². The third-order valence-electron chi connectivity index (χ3n) is 3.08. The van der Waals surface area contributed by atoms with Crippen LogP contribution >= 0.6 is 35.6 Å². The minimum absolute atomic E-state index is 0.317. The number of hydrogen-bond acceptors (Lipinski definition) is 2. The average Bonchev–Trinajstić information content (AvgIpc) is 2.54. The summed E-state index contributed by atoms with van der Waals surface area (Å²) in [6.45, 7) is 2.86. The van der Waals surface area contributed by atoms with Crippen molar-refractivity contribution in [1.82, 2.24) is 5.32 Å². The van der Waals surface area contributed by atoms with Crippen LogP contribution in [0.1, 0.15) is 6.92 Å². The molecule has 2 rings (SSSR count). The summed E-state index contributed by atoms with van der Waals surface area (Å²) in [6, 6.07) is 14.3. The molecule has 2 aromatic carbocycles. The van der Waals surface area contributed by atoms with E-state index in [4.69, 9.17) is 23.8 Å². The van der Waals surface area contributed by atoms with E-state index >= 15 is 0 Å². The molecule has 0 saturated heterocycles. The van der Waals surface area contributed by atoms with Crippen molar-refractivity contribution in [3.63, 3.8) is 0 Å². The quantitative estimate of drug-likeness (QED) is 0.541. The van der Waals surface area contributed by atoms with Gasteiger partial charge in [-0.3, -0.25) is 0 Å². The van der Waals surface area contributed by atoms with Crippen molar-refractivity contribution in [3.05, 3.63) is 59.4 Å². The lowest BCUT2D eigenvalue weighted by atomic mass is 10.2. The van der Waals surface area contributed by atoms with Crippen molar-refractivity contribution in [2.75, 3.05) is 17.6 Å². The zero-order valence-electron chi connectivity index (χ0n) is 12.7. The molecule has 0 aliphatic heterocycles. The van der Waals surface area contributed by atoms with Gasteiger partial charge in [0.05, 0.1) is 5.69 Å². The number of anilines is 1. The van der Waals surface area contributed by atoms with Gasteiger partial charge >= 0.3 is 0 Å². The minimum Gasteiger partial charge on any atom is -0.362 e. The van der Waals surface area contributed by atoms with Gasteiger partial charge in [0.15, 0.2) is 5.11 Å². The van der Waals surface area contributed by atoms with Crippen LogP contribution in [0, 0.1) is 11.7 Å². The molecule has 6 heteroatoms. The summed E-state index contributed by atoms with van der Waals surface area (Å²) in [6.07, 6.45) is 0. The van der Waals surface area contributed by atoms with Gasteiger partial charge in [0.1, 0.15) is 5.82 Å². The van der Waals surface area contributed by atoms with Gasteiger partial charge in [0, 0.05) is 22.2 Å². The molecule has 0 aliphatic rings. The molecule has 0 saturated carbocycles. The highest BCUT2D eigenvalue weighted by Gasteiger charge is 2.06. The third-order valence-corrected chi connectivity index (χ3v) is 4.92. The normalized spacial score (nSPS) is 11.8. The highest BCUT2D eigenvalue weighted by molar-refractivity contribution is 7.99. The van der Waals surface area contributed by atoms with Crippen LogP contribution in [0.25, 0.3) is 0 Å². The van der Waals surface area contributed by atoms with Crippen molar-refractivity contribution in [2.45, 2.75) is 11.8 Å². The first-order chi connectivity index (χ1) is 11.0. The Balaban J connectivity index is 1.71. The summed E-state index contributed by atoms with van der Waals surface area (Å²) in [7, 11) is 0. The molecule has 0 amide bonds. The maximum absolute atomic E-state index is 13.5. The van der Waals surface area contributed by atoms with Crippen molar-refractivity contribution in [3.8, 4) is 0 Å². The summed E-state index contributed by atoms with van der Waals surface area (Å²) >= 11 is 12.8. The van der Waals surface area contributed by atoms with E-state index in [9.17, 15) is 4.39 Å². The number of para-hydroxylation sites is 1. The molecule has 0 unspecified atom stereocenters. The molecule has 0 fully saturated rings. The van der Waals surface area contributed by atoms with E-state index in [2.05, 4.69) is 17.6 Å². The Morgan fingerprint density at radius 1 is 1.22 bits per heavy atom. The predicted molar refractivity (Wildman–Crippen MR) is 102 cm³/mol. The Kier molecular flexibility index (Phi) is 7.15. The van der Waals surface area contributed by atoms with E-state index in [0.717, 1.165) is 17.3 Å². The molecule has 0 aliphatic carbocycles. The van der Waals surface area contributed by atoms with Crippen molar-refractivity contribution >= 4 is 46.4 Å². The van der Waals surface area contributed by atoms with E-state index in [-0.39, 0.29) is 5.82 Å². The van der Waals surface area contributed by atoms with E-state index < -0.39 is 0 Å². The number of benzene rings is 2. The SMILES string of the molecule is C[C@H](CNC(=S)Nc1ccccc1F)CSc1ccc(Cl)cc1. The standard InChI is InChI=1S/C17H18ClFN2S2/c1-12(11-23-14-8-6-13(18)7-9-14)10-20-17(22)21-16-5-3-2-4-15(16)19/h2-9,12H,10-11H2,1H3,(H2,20,21,22)/t12-/m1/s1. The summed E-state index contributed by atoms with van der Waals surface area (Å²) in [5.41, 5.74) is 0.383. The Hall–Kier alpha value is -1.30. The van der Waals surface area contributed by atoms with E-state index in [0.29, 0.717) is 16.7 Å². The first-order valence-corrected chi connectivity index (χ1v) is 8.99. The lowest BCUT2D eigenvalue weighted by molar-refractivity contribution is 0.629. The van der Waals surface area contributed by atoms with Crippen LogP contribution in [0.2, 0.25) is 5.02 Å². The van der Waals surface area contributed by atoms with E-state index in [1.165, 1.54) is 11.0 Å². The van der Waals surface area contributed by atoms with E-state index in [1.54, 1.807) is 30.0 Å². The minimum atomic E-state index is -0.317. The van der Waals surface area contributed by atoms with Crippen molar-refractivity contribution in [2.24, 2.45) is 5.92 Å². The Morgan fingerprint density at radius 3 is 2.61 bits per heavy atom. The molecule has 1 atom stereocenters. The number of hydrogen-bond donors (Lipinski definition) is 2. The third kappa shape index (κ3) is 6.37. The van der Waals surface area contributed by atoms with Crippen LogP contribution in [0.15, 0.2) is 53.4 Å². The fraction of sp³-hybridized carbons (Fsp3) is 0.235. The molecule has 2 aromatic rings. The van der Waals surface area contributed by atoms with Gasteiger partial charge in [-0.15, -0.1) is 11.8 Å². The zero-order chi connectivity index (χ0) is 16.7. The maximum Gasteiger partial charge on any atom is 0.170 e. The fourth-order valence-corrected chi connectivity index (χ4v) is 3.07. The van der Waals surface area contributed by atoms with Crippen LogP contribution < -0.4 is 10.6 Å². The van der Waals surface area contributed by atoms with Gasteiger partial charge in [-0.05, 0) is 54.5 Å². The Labute approximate surface area is 150 Å². The van der Waals surface area contributed by atoms with Gasteiger partial charge in [-0.1, -0.05) is 30.7 Å². The van der Waals surface area contributed by atoms with Gasteiger partial charge in [-0.2, -0.15) is 0 Å². The molecule has 0 aromatic heterocycles. The second-order valence-electron chi connectivity index (χ2n) is 5.18. The lowest BCUT2D eigenvalue weighted by Gasteiger charge is -2.15. The van der Waals surface area contributed by atoms with Gasteiger partial charge in [-0.25, -0.2) is 4.39 Å². The van der Waals surface area contributed by atoms with Gasteiger partial charge in [0.25, 0.3) is 0 Å². The highest BCUT2D eigenvalue weighted by atomic mass is 35.5. The molecule has 2 nitrogen and oxygen atoms in total. The second-order valence-corrected chi connectivity index (χ2v) is 7.12. The van der Waals surface area contributed by atoms with Crippen molar-refractivity contribution in [1.29, 1.82) is 0 Å². The van der Waals surface area contributed by atoms with Crippen molar-refractivity contribution < 1.29 is 4.39 Å². The molecule has 2 N–H and O–H groups in total. The molecule has 0 spiro atoms. The largest absolute Gasteiger partial charge is 0.362 e. The van der Waals surface area contributed by atoms with Gasteiger partial charge < -0.3 is 10.6 Å². The molecule has 0 bridgehead atoms. The highest BCUT2D eigenvalue weighted by Crippen LogP contribution is 2.22. The fourth-order valence-electron chi connectivity index (χ4n) is 1.82. The first-order valence-electron chi connectivity index (χ1n) is 7.22. The smallest absolute Gasteiger partial charge is 0.170 e.